The van der Waals surface area contributed by atoms with E-state index in [4.69, 9.17) is 14.2 Å². The fourth-order valence-corrected chi connectivity index (χ4v) is 8.62. The molecule has 438 valence electrons. The predicted molar refractivity (Wildman–Crippen MR) is 334 cm³/mol. The highest BCUT2D eigenvalue weighted by molar-refractivity contribution is 5.71. The van der Waals surface area contributed by atoms with Crippen molar-refractivity contribution < 1.29 is 28.6 Å². The average molecular weight is 1070 g/mol. The normalized spacial score (nSPS) is 12.9. The van der Waals surface area contributed by atoms with Crippen molar-refractivity contribution in [3.63, 3.8) is 0 Å². The van der Waals surface area contributed by atoms with Gasteiger partial charge in [0.05, 0.1) is 0 Å². The van der Waals surface area contributed by atoms with Gasteiger partial charge < -0.3 is 14.2 Å². The molecule has 0 rings (SSSR count). The Bertz CT molecular complexity index is 1600. The van der Waals surface area contributed by atoms with Crippen molar-refractivity contribution >= 4 is 17.9 Å². The number of allylic oxidation sites excluding steroid dienone is 20. The lowest BCUT2D eigenvalue weighted by Crippen LogP contribution is -2.30. The van der Waals surface area contributed by atoms with Crippen molar-refractivity contribution in [1.29, 1.82) is 0 Å². The molecule has 0 aliphatic rings. The maximum absolute atomic E-state index is 12.9. The zero-order valence-electron chi connectivity index (χ0n) is 50.2. The third kappa shape index (κ3) is 62.5. The highest BCUT2D eigenvalue weighted by Crippen LogP contribution is 2.15. The van der Waals surface area contributed by atoms with Crippen LogP contribution in [0.4, 0.5) is 0 Å². The molecule has 0 heterocycles. The third-order valence-electron chi connectivity index (χ3n) is 13.4. The Morgan fingerprint density at radius 2 is 0.506 bits per heavy atom. The first kappa shape index (κ1) is 72.8. The lowest BCUT2D eigenvalue weighted by atomic mass is 10.1. The first-order valence-electron chi connectivity index (χ1n) is 32.0. The molecule has 0 saturated heterocycles. The monoisotopic (exact) mass is 1070 g/mol. The van der Waals surface area contributed by atoms with Crippen molar-refractivity contribution in [1.82, 2.24) is 0 Å². The number of carbonyl (C=O) groups excluding carboxylic acids is 3. The number of unbranched alkanes of at least 4 members (excludes halogenated alkanes) is 26. The highest BCUT2D eigenvalue weighted by Gasteiger charge is 2.19. The summed E-state index contributed by atoms with van der Waals surface area (Å²) in [5, 5.41) is 0. The Labute approximate surface area is 475 Å². The van der Waals surface area contributed by atoms with Gasteiger partial charge in [0.2, 0.25) is 0 Å². The molecular weight excluding hydrogens is 949 g/mol. The van der Waals surface area contributed by atoms with Gasteiger partial charge in [0, 0.05) is 19.3 Å². The van der Waals surface area contributed by atoms with Crippen LogP contribution in [0.1, 0.15) is 290 Å². The van der Waals surface area contributed by atoms with Crippen LogP contribution in [0.25, 0.3) is 0 Å². The minimum absolute atomic E-state index is 0.101. The third-order valence-corrected chi connectivity index (χ3v) is 13.4. The molecule has 0 fully saturated rings. The Kier molecular flexibility index (Phi) is 60.8. The summed E-state index contributed by atoms with van der Waals surface area (Å²) in [5.41, 5.74) is 0. The van der Waals surface area contributed by atoms with E-state index in [9.17, 15) is 14.4 Å². The quantitative estimate of drug-likeness (QED) is 0.0261. The Balaban J connectivity index is 4.43. The SMILES string of the molecule is CC/C=C\C/C=C\C/C=C\C/C=C\C/C=C\CCCCCC(=O)OC(COC(=O)CCCCCCC/C=C\C/C=C\CCCCC)COC(=O)CCCCCCCCCCCC/C=C\C/C=C\C/C=C\CCCCCCC. The summed E-state index contributed by atoms with van der Waals surface area (Å²) in [7, 11) is 0. The minimum Gasteiger partial charge on any atom is -0.462 e. The Hall–Kier alpha value is -4.19. The maximum Gasteiger partial charge on any atom is 0.306 e. The average Bonchev–Trinajstić information content (AvgIpc) is 3.43. The molecule has 1 unspecified atom stereocenters. The molecule has 0 N–H and O–H groups in total. The van der Waals surface area contributed by atoms with Crippen LogP contribution in [-0.2, 0) is 28.6 Å². The molecule has 0 aromatic rings. The number of hydrogen-bond donors (Lipinski definition) is 0. The van der Waals surface area contributed by atoms with Gasteiger partial charge >= 0.3 is 17.9 Å². The van der Waals surface area contributed by atoms with Gasteiger partial charge in [-0.05, 0) is 135 Å². The van der Waals surface area contributed by atoms with Crippen LogP contribution in [0.2, 0.25) is 0 Å². The lowest BCUT2D eigenvalue weighted by Gasteiger charge is -2.18. The molecule has 6 nitrogen and oxygen atoms in total. The van der Waals surface area contributed by atoms with Crippen molar-refractivity contribution in [2.75, 3.05) is 13.2 Å². The number of ether oxygens (including phenoxy) is 3. The van der Waals surface area contributed by atoms with Crippen LogP contribution >= 0.6 is 0 Å². The van der Waals surface area contributed by atoms with Crippen molar-refractivity contribution in [3.05, 3.63) is 122 Å². The first-order chi connectivity index (χ1) is 38.0. The van der Waals surface area contributed by atoms with Gasteiger partial charge in [0.15, 0.2) is 6.10 Å². The van der Waals surface area contributed by atoms with E-state index in [0.29, 0.717) is 12.8 Å². The minimum atomic E-state index is -0.808. The summed E-state index contributed by atoms with van der Waals surface area (Å²) in [6.07, 6.45) is 89.1. The van der Waals surface area contributed by atoms with Crippen molar-refractivity contribution in [2.45, 2.75) is 297 Å². The molecule has 77 heavy (non-hydrogen) atoms. The molecule has 0 aromatic heterocycles. The molecular formula is C71H118O6. The van der Waals surface area contributed by atoms with Gasteiger partial charge in [-0.2, -0.15) is 0 Å². The molecule has 6 heteroatoms. The zero-order chi connectivity index (χ0) is 55.7. The topological polar surface area (TPSA) is 78.9 Å². The summed E-state index contributed by atoms with van der Waals surface area (Å²) < 4.78 is 16.9. The number of esters is 3. The van der Waals surface area contributed by atoms with Crippen LogP contribution < -0.4 is 0 Å². The number of hydrogen-bond acceptors (Lipinski definition) is 6. The van der Waals surface area contributed by atoms with Crippen LogP contribution in [0.3, 0.4) is 0 Å². The maximum atomic E-state index is 12.9. The van der Waals surface area contributed by atoms with E-state index in [-0.39, 0.29) is 37.5 Å². The van der Waals surface area contributed by atoms with E-state index < -0.39 is 6.10 Å². The highest BCUT2D eigenvalue weighted by atomic mass is 16.6. The zero-order valence-corrected chi connectivity index (χ0v) is 50.2. The van der Waals surface area contributed by atoms with Gasteiger partial charge in [-0.25, -0.2) is 0 Å². The molecule has 0 aliphatic carbocycles. The van der Waals surface area contributed by atoms with Crippen LogP contribution in [0, 0.1) is 0 Å². The van der Waals surface area contributed by atoms with Crippen molar-refractivity contribution in [2.24, 2.45) is 0 Å². The second-order valence-corrected chi connectivity index (χ2v) is 20.9. The lowest BCUT2D eigenvalue weighted by molar-refractivity contribution is -0.167. The molecule has 1 atom stereocenters. The van der Waals surface area contributed by atoms with E-state index in [0.717, 1.165) is 135 Å². The summed E-state index contributed by atoms with van der Waals surface area (Å²) in [5.74, 6) is -0.947. The Morgan fingerprint density at radius 3 is 0.831 bits per heavy atom. The molecule has 0 aromatic carbocycles. The second-order valence-electron chi connectivity index (χ2n) is 20.9. The standard InChI is InChI=1S/C71H118O6/c1-4-7-10-13-16-19-22-25-28-30-32-33-34-35-36-37-39-40-43-46-49-52-55-58-61-64-70(73)76-67-68(66-75-69(72)63-60-57-54-51-48-45-42-27-24-21-18-15-12-9-6-3)77-71(74)65-62-59-56-53-50-47-44-41-38-31-29-26-23-20-17-14-11-8-5-2/h8,11,17-18,20-22,25-27,29-30,32,34-35,38,41-42,47,50,68H,4-7,9-10,12-16,19,23-24,28,31,33,36-37,39-40,43-46,48-49,51-67H2,1-3H3/b11-8-,20-17-,21-18-,25-22-,29-26-,32-30-,35-34-,41-38-,42-27-,50-47-. The molecule has 0 bridgehead atoms. The van der Waals surface area contributed by atoms with Crippen LogP contribution in [-0.4, -0.2) is 37.2 Å². The van der Waals surface area contributed by atoms with E-state index in [2.05, 4.69) is 142 Å². The van der Waals surface area contributed by atoms with E-state index in [1.807, 2.05) is 0 Å². The van der Waals surface area contributed by atoms with E-state index in [1.165, 1.54) is 116 Å². The second kappa shape index (κ2) is 64.3. The largest absolute Gasteiger partial charge is 0.462 e. The van der Waals surface area contributed by atoms with Crippen LogP contribution in [0.5, 0.6) is 0 Å². The predicted octanol–water partition coefficient (Wildman–Crippen LogP) is 22.0. The number of carbonyl (C=O) groups is 3. The van der Waals surface area contributed by atoms with Gasteiger partial charge in [0.25, 0.3) is 0 Å². The van der Waals surface area contributed by atoms with Gasteiger partial charge in [-0.15, -0.1) is 0 Å². The molecule has 0 radical (unpaired) electrons. The Morgan fingerprint density at radius 1 is 0.273 bits per heavy atom. The van der Waals surface area contributed by atoms with Gasteiger partial charge in [0.1, 0.15) is 13.2 Å². The first-order valence-corrected chi connectivity index (χ1v) is 32.0. The molecule has 0 aliphatic heterocycles. The fraction of sp³-hybridized carbons (Fsp3) is 0.676. The summed E-state index contributed by atoms with van der Waals surface area (Å²) in [6, 6.07) is 0. The fourth-order valence-electron chi connectivity index (χ4n) is 8.62. The summed E-state index contributed by atoms with van der Waals surface area (Å²) in [4.78, 5) is 38.3. The van der Waals surface area contributed by atoms with Crippen LogP contribution in [0.15, 0.2) is 122 Å². The van der Waals surface area contributed by atoms with Gasteiger partial charge in [-0.1, -0.05) is 258 Å². The molecule has 0 spiro atoms. The van der Waals surface area contributed by atoms with Crippen molar-refractivity contribution in [3.8, 4) is 0 Å². The van der Waals surface area contributed by atoms with E-state index in [1.54, 1.807) is 0 Å². The summed E-state index contributed by atoms with van der Waals surface area (Å²) in [6.45, 7) is 6.46. The van der Waals surface area contributed by atoms with E-state index >= 15 is 0 Å². The smallest absolute Gasteiger partial charge is 0.306 e. The molecule has 0 amide bonds. The summed E-state index contributed by atoms with van der Waals surface area (Å²) >= 11 is 0. The van der Waals surface area contributed by atoms with Gasteiger partial charge in [-0.3, -0.25) is 14.4 Å². The number of rotatable bonds is 57. The molecule has 0 saturated carbocycles.